The fraction of sp³-hybridized carbons (Fsp3) is 0.273. The Morgan fingerprint density at radius 3 is 2.00 bits per heavy atom. The molecule has 2 heteroatoms. The molecule has 13 heavy (non-hydrogen) atoms. The van der Waals surface area contributed by atoms with Crippen molar-refractivity contribution in [2.24, 2.45) is 0 Å². The van der Waals surface area contributed by atoms with E-state index in [0.29, 0.717) is 6.42 Å². The minimum Gasteiger partial charge on any atom is -0.300 e. The highest BCUT2D eigenvalue weighted by atomic mass is 16.1. The summed E-state index contributed by atoms with van der Waals surface area (Å²) in [6.07, 6.45) is 1.50. The van der Waals surface area contributed by atoms with Crippen LogP contribution in [0.1, 0.15) is 30.6 Å². The zero-order valence-electron chi connectivity index (χ0n) is 7.99. The van der Waals surface area contributed by atoms with Crippen molar-refractivity contribution in [3.05, 3.63) is 35.9 Å². The molecule has 0 atom stereocenters. The predicted molar refractivity (Wildman–Crippen MR) is 52.8 cm³/mol. The summed E-state index contributed by atoms with van der Waals surface area (Å²) in [5.74, 6) is 0.255. The van der Waals surface area contributed by atoms with E-state index in [1.165, 1.54) is 0 Å². The number of ketones is 1. The molecule has 0 N–H and O–H groups in total. The quantitative estimate of drug-likeness (QED) is 0.652. The van der Waals surface area contributed by atoms with Gasteiger partial charge in [-0.2, -0.15) is 0 Å². The second-order valence-corrected chi connectivity index (χ2v) is 2.58. The highest BCUT2D eigenvalue weighted by molar-refractivity contribution is 5.75. The van der Waals surface area contributed by atoms with Crippen LogP contribution in [0.25, 0.3) is 0 Å². The largest absolute Gasteiger partial charge is 0.300 e. The molecule has 2 nitrogen and oxygen atoms in total. The number of hydrogen-bond donors (Lipinski definition) is 0. The molecule has 1 rings (SSSR count). The van der Waals surface area contributed by atoms with Gasteiger partial charge in [-0.3, -0.25) is 4.79 Å². The van der Waals surface area contributed by atoms with Gasteiger partial charge in [0.15, 0.2) is 0 Å². The lowest BCUT2D eigenvalue weighted by Gasteiger charge is -1.81. The van der Waals surface area contributed by atoms with Crippen molar-refractivity contribution < 1.29 is 9.59 Å². The van der Waals surface area contributed by atoms with Crippen molar-refractivity contribution in [1.82, 2.24) is 0 Å². The van der Waals surface area contributed by atoms with Gasteiger partial charge in [-0.15, -0.1) is 0 Å². The summed E-state index contributed by atoms with van der Waals surface area (Å²) in [5, 5.41) is 0. The van der Waals surface area contributed by atoms with Crippen molar-refractivity contribution in [2.45, 2.75) is 20.3 Å². The lowest BCUT2D eigenvalue weighted by molar-refractivity contribution is -0.116. The Balaban J connectivity index is 0.000000252. The molecule has 0 aliphatic rings. The van der Waals surface area contributed by atoms with Crippen LogP contribution < -0.4 is 0 Å². The number of carbonyl (C=O) groups excluding carboxylic acids is 2. The molecule has 1 aromatic rings. The second kappa shape index (κ2) is 7.22. The molecule has 0 amide bonds. The third-order valence-electron chi connectivity index (χ3n) is 1.43. The van der Waals surface area contributed by atoms with Gasteiger partial charge >= 0.3 is 0 Å². The number of hydrogen-bond acceptors (Lipinski definition) is 2. The Labute approximate surface area is 78.6 Å². The Hall–Kier alpha value is -1.44. The van der Waals surface area contributed by atoms with Gasteiger partial charge in [0.25, 0.3) is 0 Å². The Morgan fingerprint density at radius 1 is 1.31 bits per heavy atom. The SMILES string of the molecule is CCC(C)=O.O=Cc1ccccc1. The van der Waals surface area contributed by atoms with Gasteiger partial charge in [0.05, 0.1) is 0 Å². The average Bonchev–Trinajstić information content (AvgIpc) is 2.20. The first-order valence-electron chi connectivity index (χ1n) is 4.20. The van der Waals surface area contributed by atoms with Crippen LogP contribution in [0.2, 0.25) is 0 Å². The van der Waals surface area contributed by atoms with Crippen molar-refractivity contribution >= 4 is 12.1 Å². The van der Waals surface area contributed by atoms with E-state index >= 15 is 0 Å². The first-order chi connectivity index (χ1) is 6.20. The maximum Gasteiger partial charge on any atom is 0.150 e. The Kier molecular flexibility index (Phi) is 6.42. The molecular weight excluding hydrogens is 164 g/mol. The summed E-state index contributed by atoms with van der Waals surface area (Å²) in [7, 11) is 0. The van der Waals surface area contributed by atoms with Gasteiger partial charge in [-0.25, -0.2) is 0 Å². The van der Waals surface area contributed by atoms with Gasteiger partial charge in [-0.1, -0.05) is 37.3 Å². The first kappa shape index (κ1) is 11.6. The molecule has 0 aliphatic carbocycles. The number of benzene rings is 1. The van der Waals surface area contributed by atoms with E-state index < -0.39 is 0 Å². The van der Waals surface area contributed by atoms with Crippen LogP contribution in [-0.2, 0) is 4.79 Å². The van der Waals surface area contributed by atoms with Crippen LogP contribution in [0, 0.1) is 0 Å². The number of rotatable bonds is 2. The molecule has 1 aromatic carbocycles. The first-order valence-corrected chi connectivity index (χ1v) is 4.20. The third-order valence-corrected chi connectivity index (χ3v) is 1.43. The lowest BCUT2D eigenvalue weighted by Crippen LogP contribution is -1.80. The lowest BCUT2D eigenvalue weighted by atomic mass is 10.2. The minimum absolute atomic E-state index is 0.255. The monoisotopic (exact) mass is 178 g/mol. The topological polar surface area (TPSA) is 34.1 Å². The van der Waals surface area contributed by atoms with E-state index in [1.807, 2.05) is 25.1 Å². The standard InChI is InChI=1S/C7H6O.C4H8O/c8-6-7-4-2-1-3-5-7;1-3-4(2)5/h1-6H;3H2,1-2H3. The van der Waals surface area contributed by atoms with Crippen LogP contribution in [-0.4, -0.2) is 12.1 Å². The molecule has 0 saturated carbocycles. The van der Waals surface area contributed by atoms with Crippen molar-refractivity contribution in [2.75, 3.05) is 0 Å². The molecule has 0 fully saturated rings. The van der Waals surface area contributed by atoms with E-state index in [2.05, 4.69) is 0 Å². The average molecular weight is 178 g/mol. The summed E-state index contributed by atoms with van der Waals surface area (Å²) < 4.78 is 0. The van der Waals surface area contributed by atoms with Crippen LogP contribution in [0.5, 0.6) is 0 Å². The van der Waals surface area contributed by atoms with Crippen LogP contribution in [0.3, 0.4) is 0 Å². The molecular formula is C11H14O2. The van der Waals surface area contributed by atoms with Crippen LogP contribution >= 0.6 is 0 Å². The van der Waals surface area contributed by atoms with Gasteiger partial charge in [0.1, 0.15) is 12.1 Å². The van der Waals surface area contributed by atoms with Gasteiger partial charge < -0.3 is 4.79 Å². The van der Waals surface area contributed by atoms with Crippen LogP contribution in [0.4, 0.5) is 0 Å². The number of aldehydes is 1. The maximum absolute atomic E-state index is 10.0. The van der Waals surface area contributed by atoms with E-state index in [0.717, 1.165) is 11.8 Å². The zero-order chi connectivity index (χ0) is 10.1. The molecule has 0 spiro atoms. The predicted octanol–water partition coefficient (Wildman–Crippen LogP) is 2.48. The van der Waals surface area contributed by atoms with Gasteiger partial charge in [0, 0.05) is 12.0 Å². The summed E-state index contributed by atoms with van der Waals surface area (Å²) in [5.41, 5.74) is 0.729. The number of Topliss-reactive ketones (excluding diaryl/α,β-unsaturated/α-hetero) is 1. The Bertz CT molecular complexity index is 252. The van der Waals surface area contributed by atoms with E-state index in [1.54, 1.807) is 19.1 Å². The van der Waals surface area contributed by atoms with Crippen molar-refractivity contribution in [3.63, 3.8) is 0 Å². The minimum atomic E-state index is 0.255. The zero-order valence-corrected chi connectivity index (χ0v) is 7.99. The molecule has 0 unspecified atom stereocenters. The molecule has 0 saturated heterocycles. The normalized spacial score (nSPS) is 8.15. The molecule has 0 bridgehead atoms. The van der Waals surface area contributed by atoms with E-state index in [4.69, 9.17) is 0 Å². The summed E-state index contributed by atoms with van der Waals surface area (Å²) in [6.45, 7) is 3.43. The highest BCUT2D eigenvalue weighted by Gasteiger charge is 1.80. The van der Waals surface area contributed by atoms with Crippen molar-refractivity contribution in [1.29, 1.82) is 0 Å². The summed E-state index contributed by atoms with van der Waals surface area (Å²) >= 11 is 0. The van der Waals surface area contributed by atoms with Crippen molar-refractivity contribution in [3.8, 4) is 0 Å². The third kappa shape index (κ3) is 6.94. The molecule has 70 valence electrons. The molecule has 0 aromatic heterocycles. The molecule has 0 aliphatic heterocycles. The molecule has 0 radical (unpaired) electrons. The smallest absolute Gasteiger partial charge is 0.150 e. The van der Waals surface area contributed by atoms with E-state index in [9.17, 15) is 9.59 Å². The fourth-order valence-electron chi connectivity index (χ4n) is 0.532. The van der Waals surface area contributed by atoms with Gasteiger partial charge in [0.2, 0.25) is 0 Å². The summed E-state index contributed by atoms with van der Waals surface area (Å²) in [4.78, 5) is 19.8. The fourth-order valence-corrected chi connectivity index (χ4v) is 0.532. The summed E-state index contributed by atoms with van der Waals surface area (Å²) in [6, 6.07) is 9.10. The highest BCUT2D eigenvalue weighted by Crippen LogP contribution is 1.91. The van der Waals surface area contributed by atoms with E-state index in [-0.39, 0.29) is 5.78 Å². The maximum atomic E-state index is 10.0. The second-order valence-electron chi connectivity index (χ2n) is 2.58. The van der Waals surface area contributed by atoms with Gasteiger partial charge in [-0.05, 0) is 6.92 Å². The Morgan fingerprint density at radius 2 is 1.77 bits per heavy atom. The van der Waals surface area contributed by atoms with Crippen LogP contribution in [0.15, 0.2) is 30.3 Å². The molecule has 0 heterocycles. The number of carbonyl (C=O) groups is 2.